The number of aliphatic hydroxyl groups excluding tert-OH is 1. The summed E-state index contributed by atoms with van der Waals surface area (Å²) in [5.74, 6) is 0.897. The van der Waals surface area contributed by atoms with E-state index in [9.17, 15) is 5.11 Å². The SMILES string of the molecule is C=CCCCN(C)c1nc(C)cc(C)c1CO. The molecule has 0 spiro atoms. The van der Waals surface area contributed by atoms with Crippen molar-refractivity contribution in [2.75, 3.05) is 18.5 Å². The molecule has 0 saturated heterocycles. The Balaban J connectivity index is 2.90. The van der Waals surface area contributed by atoms with Crippen LogP contribution in [0.4, 0.5) is 5.82 Å². The van der Waals surface area contributed by atoms with Gasteiger partial charge < -0.3 is 10.0 Å². The van der Waals surface area contributed by atoms with Crippen LogP contribution in [0.15, 0.2) is 18.7 Å². The molecule has 1 aromatic rings. The maximum Gasteiger partial charge on any atom is 0.134 e. The van der Waals surface area contributed by atoms with Gasteiger partial charge in [0.05, 0.1) is 6.61 Å². The summed E-state index contributed by atoms with van der Waals surface area (Å²) in [5.41, 5.74) is 3.02. The standard InChI is InChI=1S/C14H22N2O/c1-5-6-7-8-16(4)14-13(10-17)11(2)9-12(3)15-14/h5,9,17H,1,6-8,10H2,2-4H3. The first kappa shape index (κ1) is 13.7. The Morgan fingerprint density at radius 2 is 2.18 bits per heavy atom. The molecule has 0 aliphatic carbocycles. The Bertz CT molecular complexity index is 388. The van der Waals surface area contributed by atoms with Crippen LogP contribution in [-0.2, 0) is 6.61 Å². The fourth-order valence-electron chi connectivity index (χ4n) is 1.93. The molecule has 1 heterocycles. The van der Waals surface area contributed by atoms with Crippen LogP contribution in [0.2, 0.25) is 0 Å². The van der Waals surface area contributed by atoms with Gasteiger partial charge >= 0.3 is 0 Å². The highest BCUT2D eigenvalue weighted by atomic mass is 16.3. The van der Waals surface area contributed by atoms with Gasteiger partial charge in [0, 0.05) is 24.8 Å². The van der Waals surface area contributed by atoms with Gasteiger partial charge in [0.25, 0.3) is 0 Å². The van der Waals surface area contributed by atoms with E-state index in [2.05, 4.69) is 16.5 Å². The van der Waals surface area contributed by atoms with Gasteiger partial charge in [-0.25, -0.2) is 4.98 Å². The Kier molecular flexibility index (Phi) is 5.16. The van der Waals surface area contributed by atoms with Crippen LogP contribution in [0, 0.1) is 13.8 Å². The summed E-state index contributed by atoms with van der Waals surface area (Å²) < 4.78 is 0. The van der Waals surface area contributed by atoms with Crippen LogP contribution in [0.5, 0.6) is 0 Å². The molecule has 1 rings (SSSR count). The van der Waals surface area contributed by atoms with E-state index in [1.807, 2.05) is 33.0 Å². The number of nitrogens with zero attached hydrogens (tertiary/aromatic N) is 2. The van der Waals surface area contributed by atoms with Gasteiger partial charge in [-0.3, -0.25) is 0 Å². The lowest BCUT2D eigenvalue weighted by molar-refractivity contribution is 0.281. The second-order valence-electron chi connectivity index (χ2n) is 4.39. The summed E-state index contributed by atoms with van der Waals surface area (Å²) in [6.45, 7) is 8.68. The van der Waals surface area contributed by atoms with Gasteiger partial charge in [0.1, 0.15) is 5.82 Å². The molecule has 1 aromatic heterocycles. The van der Waals surface area contributed by atoms with Gasteiger partial charge in [-0.05, 0) is 38.3 Å². The van der Waals surface area contributed by atoms with Crippen molar-refractivity contribution in [2.45, 2.75) is 33.3 Å². The van der Waals surface area contributed by atoms with Crippen LogP contribution in [0.25, 0.3) is 0 Å². The van der Waals surface area contributed by atoms with Gasteiger partial charge in [0.15, 0.2) is 0 Å². The number of rotatable bonds is 6. The monoisotopic (exact) mass is 234 g/mol. The third-order valence-corrected chi connectivity index (χ3v) is 2.88. The minimum absolute atomic E-state index is 0.0419. The first-order chi connectivity index (χ1) is 8.10. The molecule has 0 fully saturated rings. The van der Waals surface area contributed by atoms with Gasteiger partial charge in [0.2, 0.25) is 0 Å². The first-order valence-corrected chi connectivity index (χ1v) is 6.00. The summed E-state index contributed by atoms with van der Waals surface area (Å²) in [4.78, 5) is 6.63. The second kappa shape index (κ2) is 6.40. The summed E-state index contributed by atoms with van der Waals surface area (Å²) >= 11 is 0. The lowest BCUT2D eigenvalue weighted by Crippen LogP contribution is -2.22. The van der Waals surface area contributed by atoms with Crippen LogP contribution >= 0.6 is 0 Å². The fraction of sp³-hybridized carbons (Fsp3) is 0.500. The summed E-state index contributed by atoms with van der Waals surface area (Å²) in [5, 5.41) is 9.43. The lowest BCUT2D eigenvalue weighted by atomic mass is 10.1. The minimum Gasteiger partial charge on any atom is -0.392 e. The molecule has 17 heavy (non-hydrogen) atoms. The van der Waals surface area contributed by atoms with E-state index in [0.717, 1.165) is 42.0 Å². The molecule has 94 valence electrons. The van der Waals surface area contributed by atoms with Crippen LogP contribution in [0.3, 0.4) is 0 Å². The van der Waals surface area contributed by atoms with Crippen molar-refractivity contribution in [3.8, 4) is 0 Å². The smallest absolute Gasteiger partial charge is 0.134 e. The van der Waals surface area contributed by atoms with Crippen molar-refractivity contribution in [1.82, 2.24) is 4.98 Å². The summed E-state index contributed by atoms with van der Waals surface area (Å²) in [7, 11) is 2.02. The summed E-state index contributed by atoms with van der Waals surface area (Å²) in [6.07, 6.45) is 3.98. The molecule has 1 N–H and O–H groups in total. The molecule has 0 atom stereocenters. The Morgan fingerprint density at radius 3 is 2.76 bits per heavy atom. The first-order valence-electron chi connectivity index (χ1n) is 6.00. The number of hydrogen-bond acceptors (Lipinski definition) is 3. The Hall–Kier alpha value is -1.35. The molecule has 0 aromatic carbocycles. The topological polar surface area (TPSA) is 36.4 Å². The van der Waals surface area contributed by atoms with Crippen molar-refractivity contribution in [1.29, 1.82) is 0 Å². The number of unbranched alkanes of at least 4 members (excludes halogenated alkanes) is 1. The average molecular weight is 234 g/mol. The molecule has 0 radical (unpaired) electrons. The Labute approximate surface area is 104 Å². The van der Waals surface area contributed by atoms with E-state index >= 15 is 0 Å². The number of hydrogen-bond donors (Lipinski definition) is 1. The van der Waals surface area contributed by atoms with E-state index < -0.39 is 0 Å². The zero-order chi connectivity index (χ0) is 12.8. The summed E-state index contributed by atoms with van der Waals surface area (Å²) in [6, 6.07) is 2.01. The number of aromatic nitrogens is 1. The normalized spacial score (nSPS) is 10.4. The second-order valence-corrected chi connectivity index (χ2v) is 4.39. The fourth-order valence-corrected chi connectivity index (χ4v) is 1.93. The van der Waals surface area contributed by atoms with E-state index in [-0.39, 0.29) is 6.61 Å². The minimum atomic E-state index is 0.0419. The molecule has 0 saturated carbocycles. The highest BCUT2D eigenvalue weighted by Crippen LogP contribution is 2.21. The van der Waals surface area contributed by atoms with Crippen LogP contribution < -0.4 is 4.90 Å². The van der Waals surface area contributed by atoms with E-state index in [4.69, 9.17) is 0 Å². The molecule has 3 nitrogen and oxygen atoms in total. The highest BCUT2D eigenvalue weighted by molar-refractivity contribution is 5.50. The average Bonchev–Trinajstić information content (AvgIpc) is 2.28. The highest BCUT2D eigenvalue weighted by Gasteiger charge is 2.11. The maximum absolute atomic E-state index is 9.43. The lowest BCUT2D eigenvalue weighted by Gasteiger charge is -2.22. The molecular formula is C14H22N2O. The largest absolute Gasteiger partial charge is 0.392 e. The van der Waals surface area contributed by atoms with Crippen LogP contribution in [-0.4, -0.2) is 23.7 Å². The van der Waals surface area contributed by atoms with Crippen molar-refractivity contribution < 1.29 is 5.11 Å². The van der Waals surface area contributed by atoms with Crippen LogP contribution in [0.1, 0.15) is 29.7 Å². The van der Waals surface area contributed by atoms with Crippen molar-refractivity contribution in [2.24, 2.45) is 0 Å². The predicted molar refractivity (Wildman–Crippen MR) is 72.3 cm³/mol. The number of anilines is 1. The molecule has 0 unspecified atom stereocenters. The number of aryl methyl sites for hydroxylation is 2. The van der Waals surface area contributed by atoms with E-state index in [1.165, 1.54) is 0 Å². The third-order valence-electron chi connectivity index (χ3n) is 2.88. The quantitative estimate of drug-likeness (QED) is 0.607. The maximum atomic E-state index is 9.43. The molecule has 0 aliphatic rings. The van der Waals surface area contributed by atoms with Gasteiger partial charge in [-0.15, -0.1) is 6.58 Å². The van der Waals surface area contributed by atoms with Crippen molar-refractivity contribution in [3.63, 3.8) is 0 Å². The predicted octanol–water partition coefficient (Wildman–Crippen LogP) is 2.59. The molecule has 0 aliphatic heterocycles. The Morgan fingerprint density at radius 1 is 1.47 bits per heavy atom. The third kappa shape index (κ3) is 3.56. The molecule has 0 amide bonds. The van der Waals surface area contributed by atoms with Gasteiger partial charge in [-0.1, -0.05) is 6.08 Å². The molecular weight excluding hydrogens is 212 g/mol. The zero-order valence-corrected chi connectivity index (χ0v) is 11.0. The zero-order valence-electron chi connectivity index (χ0n) is 11.0. The van der Waals surface area contributed by atoms with Crippen molar-refractivity contribution in [3.05, 3.63) is 35.5 Å². The molecule has 0 bridgehead atoms. The molecule has 3 heteroatoms. The van der Waals surface area contributed by atoms with Crippen molar-refractivity contribution >= 4 is 5.82 Å². The number of pyridine rings is 1. The van der Waals surface area contributed by atoms with E-state index in [0.29, 0.717) is 0 Å². The number of allylic oxidation sites excluding steroid dienone is 1. The number of aliphatic hydroxyl groups is 1. The van der Waals surface area contributed by atoms with Gasteiger partial charge in [-0.2, -0.15) is 0 Å². The van der Waals surface area contributed by atoms with E-state index in [1.54, 1.807) is 0 Å².